The summed E-state index contributed by atoms with van der Waals surface area (Å²) in [5, 5.41) is 2.84. The average Bonchev–Trinajstić information content (AvgIpc) is 3.26. The van der Waals surface area contributed by atoms with Crippen LogP contribution in [0.2, 0.25) is 0 Å². The second kappa shape index (κ2) is 6.52. The molecule has 1 fully saturated rings. The molecule has 1 aromatic heterocycles. The highest BCUT2D eigenvalue weighted by Crippen LogP contribution is 2.16. The number of likely N-dealkylation sites (tertiary alicyclic amines) is 1. The molecule has 3 rings (SSSR count). The van der Waals surface area contributed by atoms with Crippen LogP contribution in [0.25, 0.3) is 5.69 Å². The second-order valence-corrected chi connectivity index (χ2v) is 5.59. The number of rotatable bonds is 4. The Balaban J connectivity index is 1.70. The van der Waals surface area contributed by atoms with Crippen molar-refractivity contribution < 1.29 is 9.59 Å². The molecule has 2 amide bonds. The van der Waals surface area contributed by atoms with Gasteiger partial charge in [-0.15, -0.1) is 0 Å². The van der Waals surface area contributed by atoms with Crippen LogP contribution in [-0.2, 0) is 4.79 Å². The number of amides is 2. The SMILES string of the molecule is C=CC(=O)N[C@H]1CCN(C(=O)c2cccc(-n3cccc3)c2)C1. The van der Waals surface area contributed by atoms with Crippen LogP contribution in [0.4, 0.5) is 0 Å². The first-order valence-electron chi connectivity index (χ1n) is 7.63. The Morgan fingerprint density at radius 2 is 2.00 bits per heavy atom. The standard InChI is InChI=1S/C18H19N3O2/c1-2-17(22)19-15-8-11-21(13-15)18(23)14-6-5-7-16(12-14)20-9-3-4-10-20/h2-7,9-10,12,15H,1,8,11,13H2,(H,19,22)/t15-/m0/s1. The minimum Gasteiger partial charge on any atom is -0.348 e. The van der Waals surface area contributed by atoms with E-state index < -0.39 is 0 Å². The Morgan fingerprint density at radius 3 is 2.74 bits per heavy atom. The molecule has 1 aromatic carbocycles. The zero-order chi connectivity index (χ0) is 16.2. The molecule has 1 N–H and O–H groups in total. The number of hydrogen-bond acceptors (Lipinski definition) is 2. The predicted octanol–water partition coefficient (Wildman–Crippen LogP) is 1.99. The molecular weight excluding hydrogens is 290 g/mol. The van der Waals surface area contributed by atoms with Crippen molar-refractivity contribution in [3.05, 3.63) is 67.0 Å². The van der Waals surface area contributed by atoms with Crippen LogP contribution < -0.4 is 5.32 Å². The predicted molar refractivity (Wildman–Crippen MR) is 88.4 cm³/mol. The minimum absolute atomic E-state index is 0.00270. The van der Waals surface area contributed by atoms with E-state index in [1.165, 1.54) is 6.08 Å². The Hall–Kier alpha value is -2.82. The number of benzene rings is 1. The van der Waals surface area contributed by atoms with Gasteiger partial charge in [0.25, 0.3) is 5.91 Å². The molecule has 1 aliphatic heterocycles. The van der Waals surface area contributed by atoms with E-state index >= 15 is 0 Å². The summed E-state index contributed by atoms with van der Waals surface area (Å²) in [7, 11) is 0. The number of nitrogens with zero attached hydrogens (tertiary/aromatic N) is 2. The van der Waals surface area contributed by atoms with Crippen molar-refractivity contribution in [2.45, 2.75) is 12.5 Å². The lowest BCUT2D eigenvalue weighted by Gasteiger charge is -2.17. The van der Waals surface area contributed by atoms with E-state index in [-0.39, 0.29) is 17.9 Å². The third kappa shape index (κ3) is 3.34. The van der Waals surface area contributed by atoms with Gasteiger partial charge in [0.05, 0.1) is 0 Å². The smallest absolute Gasteiger partial charge is 0.254 e. The van der Waals surface area contributed by atoms with Gasteiger partial charge in [-0.3, -0.25) is 9.59 Å². The number of nitrogens with one attached hydrogen (secondary N) is 1. The van der Waals surface area contributed by atoms with Crippen LogP contribution in [0.3, 0.4) is 0 Å². The summed E-state index contributed by atoms with van der Waals surface area (Å²) in [6.07, 6.45) is 5.91. The van der Waals surface area contributed by atoms with Gasteiger partial charge >= 0.3 is 0 Å². The maximum atomic E-state index is 12.7. The Bertz CT molecular complexity index is 722. The van der Waals surface area contributed by atoms with Crippen molar-refractivity contribution in [1.29, 1.82) is 0 Å². The Morgan fingerprint density at radius 1 is 1.22 bits per heavy atom. The first-order chi connectivity index (χ1) is 11.2. The molecule has 0 saturated carbocycles. The zero-order valence-electron chi connectivity index (χ0n) is 12.8. The summed E-state index contributed by atoms with van der Waals surface area (Å²) in [5.41, 5.74) is 1.61. The van der Waals surface area contributed by atoms with Crippen molar-refractivity contribution in [2.75, 3.05) is 13.1 Å². The fourth-order valence-corrected chi connectivity index (χ4v) is 2.81. The molecule has 1 saturated heterocycles. The van der Waals surface area contributed by atoms with Gasteiger partial charge in [0.1, 0.15) is 0 Å². The lowest BCUT2D eigenvalue weighted by atomic mass is 10.1. The Kier molecular flexibility index (Phi) is 4.28. The van der Waals surface area contributed by atoms with Crippen LogP contribution >= 0.6 is 0 Å². The maximum absolute atomic E-state index is 12.7. The molecule has 118 valence electrons. The highest BCUT2D eigenvalue weighted by Gasteiger charge is 2.27. The topological polar surface area (TPSA) is 54.3 Å². The van der Waals surface area contributed by atoms with Gasteiger partial charge in [-0.05, 0) is 42.8 Å². The van der Waals surface area contributed by atoms with Crippen molar-refractivity contribution in [2.24, 2.45) is 0 Å². The number of hydrogen-bond donors (Lipinski definition) is 1. The Labute approximate surface area is 135 Å². The van der Waals surface area contributed by atoms with Crippen molar-refractivity contribution in [3.63, 3.8) is 0 Å². The van der Waals surface area contributed by atoms with Crippen LogP contribution in [0.5, 0.6) is 0 Å². The van der Waals surface area contributed by atoms with Crippen LogP contribution in [-0.4, -0.2) is 40.4 Å². The maximum Gasteiger partial charge on any atom is 0.254 e. The molecule has 0 radical (unpaired) electrons. The molecule has 1 atom stereocenters. The van der Waals surface area contributed by atoms with Crippen LogP contribution in [0, 0.1) is 0 Å². The van der Waals surface area contributed by atoms with Gasteiger partial charge in [0.2, 0.25) is 5.91 Å². The zero-order valence-corrected chi connectivity index (χ0v) is 12.8. The van der Waals surface area contributed by atoms with E-state index in [0.29, 0.717) is 18.7 Å². The van der Waals surface area contributed by atoms with Gasteiger partial charge in [-0.25, -0.2) is 0 Å². The van der Waals surface area contributed by atoms with Crippen LogP contribution in [0.15, 0.2) is 61.4 Å². The van der Waals surface area contributed by atoms with E-state index in [2.05, 4.69) is 11.9 Å². The quantitative estimate of drug-likeness (QED) is 0.878. The van der Waals surface area contributed by atoms with Gasteiger partial charge in [0, 0.05) is 42.8 Å². The first-order valence-corrected chi connectivity index (χ1v) is 7.63. The molecule has 23 heavy (non-hydrogen) atoms. The molecule has 2 aromatic rings. The molecule has 0 aliphatic carbocycles. The fourth-order valence-electron chi connectivity index (χ4n) is 2.81. The van der Waals surface area contributed by atoms with Crippen LogP contribution in [0.1, 0.15) is 16.8 Å². The lowest BCUT2D eigenvalue weighted by Crippen LogP contribution is -2.37. The van der Waals surface area contributed by atoms with E-state index in [1.807, 2.05) is 53.4 Å². The van der Waals surface area contributed by atoms with E-state index in [0.717, 1.165) is 12.1 Å². The molecule has 2 heterocycles. The van der Waals surface area contributed by atoms with Gasteiger partial charge in [-0.2, -0.15) is 0 Å². The summed E-state index contributed by atoms with van der Waals surface area (Å²) in [6, 6.07) is 11.5. The third-order valence-electron chi connectivity index (χ3n) is 4.00. The third-order valence-corrected chi connectivity index (χ3v) is 4.00. The number of aromatic nitrogens is 1. The largest absolute Gasteiger partial charge is 0.348 e. The van der Waals surface area contributed by atoms with Crippen molar-refractivity contribution in [3.8, 4) is 5.69 Å². The summed E-state index contributed by atoms with van der Waals surface area (Å²) in [6.45, 7) is 4.62. The van der Waals surface area contributed by atoms with Gasteiger partial charge in [0.15, 0.2) is 0 Å². The first kappa shape index (κ1) is 15.1. The van der Waals surface area contributed by atoms with Gasteiger partial charge in [-0.1, -0.05) is 12.6 Å². The monoisotopic (exact) mass is 309 g/mol. The number of carbonyl (C=O) groups excluding carboxylic acids is 2. The van der Waals surface area contributed by atoms with Crippen molar-refractivity contribution in [1.82, 2.24) is 14.8 Å². The minimum atomic E-state index is -0.195. The molecule has 5 nitrogen and oxygen atoms in total. The van der Waals surface area contributed by atoms with Crippen molar-refractivity contribution >= 4 is 11.8 Å². The second-order valence-electron chi connectivity index (χ2n) is 5.59. The van der Waals surface area contributed by atoms with E-state index in [1.54, 1.807) is 4.90 Å². The average molecular weight is 309 g/mol. The summed E-state index contributed by atoms with van der Waals surface area (Å²) < 4.78 is 1.97. The summed E-state index contributed by atoms with van der Waals surface area (Å²) in [5.74, 6) is -0.201. The van der Waals surface area contributed by atoms with E-state index in [9.17, 15) is 9.59 Å². The molecule has 5 heteroatoms. The highest BCUT2D eigenvalue weighted by molar-refractivity contribution is 5.95. The molecule has 0 unspecified atom stereocenters. The number of carbonyl (C=O) groups is 2. The van der Waals surface area contributed by atoms with E-state index in [4.69, 9.17) is 0 Å². The molecule has 0 bridgehead atoms. The molecule has 1 aliphatic rings. The van der Waals surface area contributed by atoms with Gasteiger partial charge < -0.3 is 14.8 Å². The molecule has 0 spiro atoms. The summed E-state index contributed by atoms with van der Waals surface area (Å²) >= 11 is 0. The summed E-state index contributed by atoms with van der Waals surface area (Å²) in [4.78, 5) is 25.8. The lowest BCUT2D eigenvalue weighted by molar-refractivity contribution is -0.117. The normalized spacial score (nSPS) is 17.0. The molecular formula is C18H19N3O2. The fraction of sp³-hybridized carbons (Fsp3) is 0.222. The highest BCUT2D eigenvalue weighted by atomic mass is 16.2.